The number of nitrogens with one attached hydrogen (secondary N) is 1. The molecule has 1 aromatic carbocycles. The molecule has 0 aliphatic heterocycles. The van der Waals surface area contributed by atoms with Crippen LogP contribution in [0.1, 0.15) is 99.5 Å². The van der Waals surface area contributed by atoms with E-state index in [1.165, 1.54) is 46.4 Å². The van der Waals surface area contributed by atoms with Gasteiger partial charge in [-0.3, -0.25) is 15.1 Å². The highest BCUT2D eigenvalue weighted by atomic mass is 32.2. The van der Waals surface area contributed by atoms with Gasteiger partial charge >= 0.3 is 0 Å². The predicted octanol–water partition coefficient (Wildman–Crippen LogP) is 7.08. The lowest BCUT2D eigenvalue weighted by atomic mass is 9.76. The number of unbranched alkanes of at least 4 members (excludes halogenated alkanes) is 1. The molecule has 0 radical (unpaired) electrons. The molecule has 1 atom stereocenters. The van der Waals surface area contributed by atoms with Gasteiger partial charge in [-0.25, -0.2) is 0 Å². The summed E-state index contributed by atoms with van der Waals surface area (Å²) in [5.41, 5.74) is 12.1. The molecular weight excluding hydrogens is 390 g/mol. The van der Waals surface area contributed by atoms with Crippen molar-refractivity contribution in [1.82, 2.24) is 5.48 Å². The first-order valence-electron chi connectivity index (χ1n) is 11.7. The Kier molecular flexibility index (Phi) is 10.5. The summed E-state index contributed by atoms with van der Waals surface area (Å²) in [6.45, 7) is 13.7. The van der Waals surface area contributed by atoms with Gasteiger partial charge in [0.25, 0.3) is 0 Å². The molecule has 4 heteroatoms. The van der Waals surface area contributed by atoms with Crippen molar-refractivity contribution in [3.8, 4) is 0 Å². The first-order valence-corrected chi connectivity index (χ1v) is 12.9. The standard InChI is InChI=1S/C26H41NO2S/c1-7-10-14-30-17-23-18(4)15-19(5)26(20(23)6)21-12-13-22(25(28)16-21)24(11-8-2)27-29-9-3/h15,21,27H,7-14,16-17H2,1-6H3. The van der Waals surface area contributed by atoms with Gasteiger partial charge in [0.15, 0.2) is 5.78 Å². The van der Waals surface area contributed by atoms with E-state index in [0.717, 1.165) is 42.7 Å². The molecule has 1 fully saturated rings. The average Bonchev–Trinajstić information content (AvgIpc) is 2.70. The maximum absolute atomic E-state index is 13.1. The molecule has 1 aliphatic carbocycles. The van der Waals surface area contributed by atoms with E-state index in [-0.39, 0.29) is 0 Å². The van der Waals surface area contributed by atoms with Crippen molar-refractivity contribution in [1.29, 1.82) is 0 Å². The minimum atomic E-state index is 0.292. The Labute approximate surface area is 188 Å². The van der Waals surface area contributed by atoms with Crippen molar-refractivity contribution in [2.24, 2.45) is 0 Å². The van der Waals surface area contributed by atoms with Crippen molar-refractivity contribution in [2.75, 3.05) is 12.4 Å². The second-order valence-electron chi connectivity index (χ2n) is 8.54. The van der Waals surface area contributed by atoms with Gasteiger partial charge in [0.05, 0.1) is 6.61 Å². The SMILES string of the molecule is CCCCSCc1c(C)cc(C)c(C2CCC(=C(CCC)NOCC)C(=O)C2)c1C. The van der Waals surface area contributed by atoms with Crippen LogP contribution in [-0.2, 0) is 15.4 Å². The Hall–Kier alpha value is -1.26. The van der Waals surface area contributed by atoms with E-state index >= 15 is 0 Å². The topological polar surface area (TPSA) is 38.3 Å². The number of hydroxylamine groups is 1. The molecule has 1 aliphatic rings. The van der Waals surface area contributed by atoms with Gasteiger partial charge < -0.3 is 0 Å². The first-order chi connectivity index (χ1) is 14.4. The van der Waals surface area contributed by atoms with Crippen LogP contribution in [0.2, 0.25) is 0 Å². The van der Waals surface area contributed by atoms with Crippen LogP contribution in [0, 0.1) is 20.8 Å². The minimum Gasteiger partial charge on any atom is -0.294 e. The average molecular weight is 432 g/mol. The minimum absolute atomic E-state index is 0.292. The highest BCUT2D eigenvalue weighted by Crippen LogP contribution is 2.40. The Morgan fingerprint density at radius 1 is 1.17 bits per heavy atom. The van der Waals surface area contributed by atoms with E-state index in [1.807, 2.05) is 18.7 Å². The summed E-state index contributed by atoms with van der Waals surface area (Å²) in [6, 6.07) is 2.34. The fraction of sp³-hybridized carbons (Fsp3) is 0.654. The fourth-order valence-electron chi connectivity index (χ4n) is 4.66. The van der Waals surface area contributed by atoms with Crippen LogP contribution in [-0.4, -0.2) is 18.1 Å². The Bertz CT molecular complexity index is 754. The van der Waals surface area contributed by atoms with E-state index in [2.05, 4.69) is 46.2 Å². The van der Waals surface area contributed by atoms with Crippen LogP contribution in [0.5, 0.6) is 0 Å². The maximum atomic E-state index is 13.1. The molecule has 168 valence electrons. The number of carbonyl (C=O) groups excluding carboxylic acids is 1. The smallest absolute Gasteiger partial charge is 0.161 e. The van der Waals surface area contributed by atoms with Gasteiger partial charge in [0.2, 0.25) is 0 Å². The molecule has 3 nitrogen and oxygen atoms in total. The molecule has 2 rings (SSSR count). The number of hydrogen-bond donors (Lipinski definition) is 1. The second kappa shape index (κ2) is 12.6. The third kappa shape index (κ3) is 6.37. The summed E-state index contributed by atoms with van der Waals surface area (Å²) < 4.78 is 0. The fourth-order valence-corrected chi connectivity index (χ4v) is 5.95. The van der Waals surface area contributed by atoms with Gasteiger partial charge in [0, 0.05) is 23.4 Å². The zero-order valence-corrected chi connectivity index (χ0v) is 20.8. The lowest BCUT2D eigenvalue weighted by Crippen LogP contribution is -2.24. The van der Waals surface area contributed by atoms with E-state index in [1.54, 1.807) is 0 Å². The summed E-state index contributed by atoms with van der Waals surface area (Å²) in [5, 5.41) is 0. The van der Waals surface area contributed by atoms with E-state index < -0.39 is 0 Å². The second-order valence-corrected chi connectivity index (χ2v) is 9.64. The monoisotopic (exact) mass is 431 g/mol. The molecule has 0 bridgehead atoms. The quantitative estimate of drug-likeness (QED) is 0.231. The number of allylic oxidation sites excluding steroid dienone is 2. The van der Waals surface area contributed by atoms with E-state index in [9.17, 15) is 4.79 Å². The van der Waals surface area contributed by atoms with Crippen LogP contribution in [0.15, 0.2) is 17.3 Å². The van der Waals surface area contributed by atoms with Crippen LogP contribution < -0.4 is 5.48 Å². The van der Waals surface area contributed by atoms with Crippen molar-refractivity contribution in [3.05, 3.63) is 45.2 Å². The lowest BCUT2D eigenvalue weighted by molar-refractivity contribution is -0.117. The largest absolute Gasteiger partial charge is 0.294 e. The summed E-state index contributed by atoms with van der Waals surface area (Å²) in [6.07, 6.45) is 6.90. The Morgan fingerprint density at radius 2 is 1.93 bits per heavy atom. The zero-order chi connectivity index (χ0) is 22.1. The van der Waals surface area contributed by atoms with Crippen molar-refractivity contribution >= 4 is 17.5 Å². The third-order valence-corrected chi connectivity index (χ3v) is 7.27. The molecule has 1 aromatic rings. The number of Topliss-reactive ketones (excluding diaryl/α,β-unsaturated/α-hetero) is 1. The molecule has 0 heterocycles. The number of ketones is 1. The molecule has 1 saturated carbocycles. The van der Waals surface area contributed by atoms with Crippen molar-refractivity contribution in [2.45, 2.75) is 98.2 Å². The van der Waals surface area contributed by atoms with Gasteiger partial charge in [-0.1, -0.05) is 32.8 Å². The number of hydrogen-bond acceptors (Lipinski definition) is 4. The summed E-state index contributed by atoms with van der Waals surface area (Å²) >= 11 is 2.04. The Morgan fingerprint density at radius 3 is 2.57 bits per heavy atom. The molecule has 1 N–H and O–H groups in total. The number of benzene rings is 1. The molecule has 0 spiro atoms. The summed E-state index contributed by atoms with van der Waals surface area (Å²) in [4.78, 5) is 18.5. The van der Waals surface area contributed by atoms with Crippen LogP contribution >= 0.6 is 11.8 Å². The molecular formula is C26H41NO2S. The van der Waals surface area contributed by atoms with Gasteiger partial charge in [-0.2, -0.15) is 11.8 Å². The van der Waals surface area contributed by atoms with Crippen molar-refractivity contribution in [3.63, 3.8) is 0 Å². The van der Waals surface area contributed by atoms with Crippen LogP contribution in [0.25, 0.3) is 0 Å². The number of rotatable bonds is 11. The number of carbonyl (C=O) groups is 1. The molecule has 0 amide bonds. The zero-order valence-electron chi connectivity index (χ0n) is 20.0. The summed E-state index contributed by atoms with van der Waals surface area (Å²) in [5.74, 6) is 2.92. The Balaban J connectivity index is 2.23. The molecule has 30 heavy (non-hydrogen) atoms. The molecule has 1 unspecified atom stereocenters. The number of thioether (sulfide) groups is 1. The predicted molar refractivity (Wildman–Crippen MR) is 130 cm³/mol. The lowest BCUT2D eigenvalue weighted by Gasteiger charge is -2.29. The van der Waals surface area contributed by atoms with Crippen molar-refractivity contribution < 1.29 is 9.63 Å². The molecule has 0 aromatic heterocycles. The van der Waals surface area contributed by atoms with Gasteiger partial charge in [-0.05, 0) is 92.9 Å². The van der Waals surface area contributed by atoms with E-state index in [0.29, 0.717) is 24.7 Å². The van der Waals surface area contributed by atoms with Crippen LogP contribution in [0.3, 0.4) is 0 Å². The van der Waals surface area contributed by atoms with E-state index in [4.69, 9.17) is 4.84 Å². The van der Waals surface area contributed by atoms with Crippen LogP contribution in [0.4, 0.5) is 0 Å². The highest BCUT2D eigenvalue weighted by molar-refractivity contribution is 7.98. The molecule has 0 saturated heterocycles. The normalized spacial score (nSPS) is 18.6. The third-order valence-electron chi connectivity index (χ3n) is 6.20. The maximum Gasteiger partial charge on any atom is 0.161 e. The number of aryl methyl sites for hydroxylation is 2. The summed E-state index contributed by atoms with van der Waals surface area (Å²) in [7, 11) is 0. The van der Waals surface area contributed by atoms with Gasteiger partial charge in [0.1, 0.15) is 0 Å². The van der Waals surface area contributed by atoms with Gasteiger partial charge in [-0.15, -0.1) is 0 Å². The first kappa shape index (κ1) is 25.0. The highest BCUT2D eigenvalue weighted by Gasteiger charge is 2.29.